The maximum atomic E-state index is 12.3. The van der Waals surface area contributed by atoms with Crippen LogP contribution in [0.15, 0.2) is 0 Å². The van der Waals surface area contributed by atoms with Gasteiger partial charge in [0.15, 0.2) is 0 Å². The van der Waals surface area contributed by atoms with Gasteiger partial charge in [-0.2, -0.15) is 0 Å². The maximum Gasteiger partial charge on any atom is 0.227 e. The highest BCUT2D eigenvalue weighted by Gasteiger charge is 2.42. The van der Waals surface area contributed by atoms with Crippen molar-refractivity contribution in [2.24, 2.45) is 10.8 Å². The van der Waals surface area contributed by atoms with Gasteiger partial charge in [-0.15, -0.1) is 0 Å². The van der Waals surface area contributed by atoms with Crippen molar-refractivity contribution in [3.8, 4) is 0 Å². The number of carbonyl (C=O) groups excluding carboxylic acids is 1. The molecule has 1 heterocycles. The van der Waals surface area contributed by atoms with Crippen LogP contribution in [0.5, 0.6) is 0 Å². The Morgan fingerprint density at radius 3 is 2.56 bits per heavy atom. The molecule has 1 saturated carbocycles. The predicted octanol–water partition coefficient (Wildman–Crippen LogP) is 1.26. The Morgan fingerprint density at radius 2 is 2.11 bits per heavy atom. The molecule has 1 N–H and O–H groups in total. The number of carbonyl (C=O) groups is 1. The number of ether oxygens (including phenoxy) is 1. The largest absolute Gasteiger partial charge is 0.384 e. The molecule has 1 saturated heterocycles. The molecule has 0 bridgehead atoms. The molecule has 104 valence electrons. The number of likely N-dealkylation sites (tertiary alicyclic amines) is 1. The first-order valence-electron chi connectivity index (χ1n) is 6.96. The Balaban J connectivity index is 1.84. The van der Waals surface area contributed by atoms with E-state index in [0.717, 1.165) is 32.7 Å². The lowest BCUT2D eigenvalue weighted by Gasteiger charge is -2.42. The van der Waals surface area contributed by atoms with Gasteiger partial charge in [-0.25, -0.2) is 0 Å². The minimum atomic E-state index is -0.202. The zero-order valence-electron chi connectivity index (χ0n) is 11.9. The summed E-state index contributed by atoms with van der Waals surface area (Å²) in [6, 6.07) is 0. The average Bonchev–Trinajstić information content (AvgIpc) is 2.63. The van der Waals surface area contributed by atoms with Crippen LogP contribution in [0.2, 0.25) is 0 Å². The van der Waals surface area contributed by atoms with Crippen molar-refractivity contribution < 1.29 is 9.53 Å². The molecule has 4 heteroatoms. The highest BCUT2D eigenvalue weighted by Crippen LogP contribution is 2.40. The molecule has 2 aliphatic rings. The van der Waals surface area contributed by atoms with Crippen molar-refractivity contribution in [2.75, 3.05) is 40.4 Å². The molecule has 0 aromatic rings. The first kappa shape index (κ1) is 13.8. The van der Waals surface area contributed by atoms with Crippen molar-refractivity contribution >= 4 is 5.91 Å². The number of nitrogens with one attached hydrogen (secondary N) is 1. The van der Waals surface area contributed by atoms with Crippen LogP contribution in [0.25, 0.3) is 0 Å². The Labute approximate surface area is 110 Å². The Hall–Kier alpha value is -0.610. The van der Waals surface area contributed by atoms with Crippen molar-refractivity contribution in [1.29, 1.82) is 0 Å². The molecular weight excluding hydrogens is 228 g/mol. The topological polar surface area (TPSA) is 41.6 Å². The van der Waals surface area contributed by atoms with Crippen LogP contribution in [-0.2, 0) is 9.53 Å². The fourth-order valence-corrected chi connectivity index (χ4v) is 3.21. The summed E-state index contributed by atoms with van der Waals surface area (Å²) < 4.78 is 5.29. The summed E-state index contributed by atoms with van der Waals surface area (Å²) in [5.41, 5.74) is 0.0119. The molecule has 18 heavy (non-hydrogen) atoms. The van der Waals surface area contributed by atoms with Gasteiger partial charge in [0.05, 0.1) is 12.0 Å². The molecule has 4 nitrogen and oxygen atoms in total. The van der Waals surface area contributed by atoms with E-state index in [2.05, 4.69) is 24.2 Å². The van der Waals surface area contributed by atoms with Gasteiger partial charge in [-0.1, -0.05) is 6.42 Å². The van der Waals surface area contributed by atoms with Crippen LogP contribution in [0, 0.1) is 10.8 Å². The van der Waals surface area contributed by atoms with E-state index in [1.165, 1.54) is 19.3 Å². The Bertz CT molecular complexity index is 315. The third kappa shape index (κ3) is 2.69. The molecule has 1 aliphatic carbocycles. The predicted molar refractivity (Wildman–Crippen MR) is 71.4 cm³/mol. The number of amides is 1. The summed E-state index contributed by atoms with van der Waals surface area (Å²) in [6.45, 7) is 5.52. The van der Waals surface area contributed by atoms with E-state index in [1.54, 1.807) is 7.11 Å². The van der Waals surface area contributed by atoms with Crippen LogP contribution in [0.1, 0.15) is 32.6 Å². The highest BCUT2D eigenvalue weighted by atomic mass is 16.5. The smallest absolute Gasteiger partial charge is 0.227 e. The first-order chi connectivity index (χ1) is 8.50. The molecule has 1 amide bonds. The summed E-state index contributed by atoms with van der Waals surface area (Å²) in [5, 5.41) is 3.17. The summed E-state index contributed by atoms with van der Waals surface area (Å²) >= 11 is 0. The normalized spacial score (nSPS) is 31.1. The highest BCUT2D eigenvalue weighted by molar-refractivity contribution is 5.82. The Kier molecular flexibility index (Phi) is 3.97. The summed E-state index contributed by atoms with van der Waals surface area (Å²) in [7, 11) is 3.83. The maximum absolute atomic E-state index is 12.3. The lowest BCUT2D eigenvalue weighted by molar-refractivity contribution is -0.130. The van der Waals surface area contributed by atoms with E-state index in [1.807, 2.05) is 0 Å². The first-order valence-corrected chi connectivity index (χ1v) is 6.96. The van der Waals surface area contributed by atoms with E-state index in [4.69, 9.17) is 4.74 Å². The lowest BCUT2D eigenvalue weighted by Crippen LogP contribution is -2.49. The zero-order chi connectivity index (χ0) is 13.2. The van der Waals surface area contributed by atoms with E-state index in [-0.39, 0.29) is 16.7 Å². The van der Waals surface area contributed by atoms with Crippen molar-refractivity contribution in [3.63, 3.8) is 0 Å². The van der Waals surface area contributed by atoms with Crippen LogP contribution < -0.4 is 5.32 Å². The Morgan fingerprint density at radius 1 is 1.39 bits per heavy atom. The fraction of sp³-hybridized carbons (Fsp3) is 0.929. The molecule has 1 aliphatic heterocycles. The molecule has 1 unspecified atom stereocenters. The molecule has 0 aromatic heterocycles. The number of nitrogens with zero attached hydrogens (tertiary/aromatic N) is 1. The van der Waals surface area contributed by atoms with Crippen LogP contribution >= 0.6 is 0 Å². The van der Waals surface area contributed by atoms with Gasteiger partial charge in [0, 0.05) is 25.6 Å². The van der Waals surface area contributed by atoms with Crippen molar-refractivity contribution in [2.45, 2.75) is 32.6 Å². The number of hydrogen-bond donors (Lipinski definition) is 1. The molecule has 2 fully saturated rings. The fourth-order valence-electron chi connectivity index (χ4n) is 3.21. The second-order valence-corrected chi connectivity index (χ2v) is 6.52. The summed E-state index contributed by atoms with van der Waals surface area (Å²) in [5.74, 6) is 0.217. The minimum Gasteiger partial charge on any atom is -0.384 e. The number of methoxy groups -OCH3 is 1. The zero-order valence-corrected chi connectivity index (χ0v) is 11.9. The van der Waals surface area contributed by atoms with E-state index < -0.39 is 0 Å². The monoisotopic (exact) mass is 254 g/mol. The average molecular weight is 254 g/mol. The minimum absolute atomic E-state index is 0.202. The van der Waals surface area contributed by atoms with Gasteiger partial charge in [0.1, 0.15) is 0 Å². The molecule has 0 radical (unpaired) electrons. The third-order valence-electron chi connectivity index (χ3n) is 4.70. The number of hydrogen-bond acceptors (Lipinski definition) is 3. The van der Waals surface area contributed by atoms with Crippen LogP contribution in [0.4, 0.5) is 0 Å². The van der Waals surface area contributed by atoms with Gasteiger partial charge in [-0.3, -0.25) is 4.79 Å². The van der Waals surface area contributed by atoms with E-state index in [9.17, 15) is 4.79 Å². The van der Waals surface area contributed by atoms with Gasteiger partial charge >= 0.3 is 0 Å². The molecule has 0 aromatic carbocycles. The standard InChI is InChI=1S/C14H26N2O2/c1-13(7-8-16(2)10-13)12(17)15-9-14(11-18-3)5-4-6-14/h4-11H2,1-3H3,(H,15,17). The van der Waals surface area contributed by atoms with Crippen molar-refractivity contribution in [3.05, 3.63) is 0 Å². The quantitative estimate of drug-likeness (QED) is 0.803. The molecule has 1 atom stereocenters. The SMILES string of the molecule is COCC1(CNC(=O)C2(C)CCN(C)C2)CCC1. The summed E-state index contributed by atoms with van der Waals surface area (Å²) in [4.78, 5) is 14.6. The second kappa shape index (κ2) is 5.17. The van der Waals surface area contributed by atoms with Crippen molar-refractivity contribution in [1.82, 2.24) is 10.2 Å². The van der Waals surface area contributed by atoms with E-state index in [0.29, 0.717) is 0 Å². The van der Waals surface area contributed by atoms with Gasteiger partial charge < -0.3 is 15.0 Å². The number of rotatable bonds is 5. The van der Waals surface area contributed by atoms with E-state index >= 15 is 0 Å². The second-order valence-electron chi connectivity index (χ2n) is 6.52. The van der Waals surface area contributed by atoms with Gasteiger partial charge in [0.2, 0.25) is 5.91 Å². The van der Waals surface area contributed by atoms with Crippen LogP contribution in [0.3, 0.4) is 0 Å². The molecular formula is C14H26N2O2. The lowest BCUT2D eigenvalue weighted by atomic mass is 9.69. The van der Waals surface area contributed by atoms with Crippen LogP contribution in [-0.4, -0.2) is 51.2 Å². The molecule has 2 rings (SSSR count). The molecule has 0 spiro atoms. The van der Waals surface area contributed by atoms with Gasteiger partial charge in [-0.05, 0) is 39.8 Å². The third-order valence-corrected chi connectivity index (χ3v) is 4.70. The van der Waals surface area contributed by atoms with Gasteiger partial charge in [0.25, 0.3) is 0 Å². The summed E-state index contributed by atoms with van der Waals surface area (Å²) in [6.07, 6.45) is 4.58.